The first-order chi connectivity index (χ1) is 7.83. The fraction of sp³-hybridized carbons (Fsp3) is 0.571. The van der Waals surface area contributed by atoms with Gasteiger partial charge in [0.2, 0.25) is 0 Å². The number of hydrogen-bond donors (Lipinski definition) is 1. The lowest BCUT2D eigenvalue weighted by molar-refractivity contribution is 0.192. The lowest BCUT2D eigenvalue weighted by Crippen LogP contribution is -2.29. The average Bonchev–Trinajstić information content (AvgIpc) is 2.30. The second kappa shape index (κ2) is 8.31. The minimum atomic E-state index is 0.546. The van der Waals surface area contributed by atoms with Crippen molar-refractivity contribution in [2.24, 2.45) is 0 Å². The van der Waals surface area contributed by atoms with E-state index >= 15 is 0 Å². The van der Waals surface area contributed by atoms with E-state index < -0.39 is 0 Å². The Kier molecular flexibility index (Phi) is 6.86. The smallest absolute Gasteiger partial charge is 0.0462 e. The van der Waals surface area contributed by atoms with Gasteiger partial charge in [-0.2, -0.15) is 0 Å². The molecule has 1 aromatic carbocycles. The van der Waals surface area contributed by atoms with Crippen LogP contribution in [0.3, 0.4) is 0 Å². The molecule has 1 aromatic rings. The SMILES string of the molecule is COCCCCNC(C)Cc1ccccc1. The molecule has 0 bridgehead atoms. The van der Waals surface area contributed by atoms with Gasteiger partial charge in [0, 0.05) is 19.8 Å². The molecule has 0 saturated carbocycles. The second-order valence-corrected chi connectivity index (χ2v) is 4.24. The molecule has 0 radical (unpaired) electrons. The third kappa shape index (κ3) is 5.89. The van der Waals surface area contributed by atoms with Crippen LogP contribution in [-0.2, 0) is 11.2 Å². The van der Waals surface area contributed by atoms with E-state index in [0.717, 1.165) is 26.0 Å². The molecule has 2 nitrogen and oxygen atoms in total. The third-order valence-electron chi connectivity index (χ3n) is 2.65. The van der Waals surface area contributed by atoms with Crippen molar-refractivity contribution in [2.75, 3.05) is 20.3 Å². The van der Waals surface area contributed by atoms with Gasteiger partial charge in [0.25, 0.3) is 0 Å². The van der Waals surface area contributed by atoms with E-state index in [-0.39, 0.29) is 0 Å². The van der Waals surface area contributed by atoms with Gasteiger partial charge in [-0.3, -0.25) is 0 Å². The Morgan fingerprint density at radius 2 is 1.94 bits per heavy atom. The Morgan fingerprint density at radius 1 is 1.19 bits per heavy atom. The molecule has 0 saturated heterocycles. The summed E-state index contributed by atoms with van der Waals surface area (Å²) in [5.74, 6) is 0. The predicted molar refractivity (Wildman–Crippen MR) is 68.7 cm³/mol. The second-order valence-electron chi connectivity index (χ2n) is 4.24. The molecule has 16 heavy (non-hydrogen) atoms. The van der Waals surface area contributed by atoms with Crippen molar-refractivity contribution in [2.45, 2.75) is 32.2 Å². The molecule has 0 fully saturated rings. The summed E-state index contributed by atoms with van der Waals surface area (Å²) in [6, 6.07) is 11.2. The maximum atomic E-state index is 5.02. The first kappa shape index (κ1) is 13.2. The Balaban J connectivity index is 2.09. The largest absolute Gasteiger partial charge is 0.385 e. The predicted octanol–water partition coefficient (Wildman–Crippen LogP) is 2.63. The van der Waals surface area contributed by atoms with Gasteiger partial charge in [-0.1, -0.05) is 30.3 Å². The molecule has 1 rings (SSSR count). The molecule has 1 atom stereocenters. The monoisotopic (exact) mass is 221 g/mol. The summed E-state index contributed by atoms with van der Waals surface area (Å²) in [7, 11) is 1.76. The molecule has 1 N–H and O–H groups in total. The summed E-state index contributed by atoms with van der Waals surface area (Å²) >= 11 is 0. The van der Waals surface area contributed by atoms with Crippen LogP contribution in [0.5, 0.6) is 0 Å². The quantitative estimate of drug-likeness (QED) is 0.681. The molecular formula is C14H23NO. The third-order valence-corrected chi connectivity index (χ3v) is 2.65. The maximum absolute atomic E-state index is 5.02. The first-order valence-corrected chi connectivity index (χ1v) is 6.09. The van der Waals surface area contributed by atoms with E-state index in [1.807, 2.05) is 0 Å². The van der Waals surface area contributed by atoms with Crippen LogP contribution < -0.4 is 5.32 Å². The van der Waals surface area contributed by atoms with Crippen LogP contribution in [0.4, 0.5) is 0 Å². The van der Waals surface area contributed by atoms with Gasteiger partial charge in [0.15, 0.2) is 0 Å². The summed E-state index contributed by atoms with van der Waals surface area (Å²) in [4.78, 5) is 0. The summed E-state index contributed by atoms with van der Waals surface area (Å²) in [6.45, 7) is 4.19. The highest BCUT2D eigenvalue weighted by molar-refractivity contribution is 5.15. The van der Waals surface area contributed by atoms with Gasteiger partial charge in [-0.25, -0.2) is 0 Å². The van der Waals surface area contributed by atoms with Crippen LogP contribution in [0.15, 0.2) is 30.3 Å². The van der Waals surface area contributed by atoms with E-state index in [1.165, 1.54) is 12.0 Å². The highest BCUT2D eigenvalue weighted by atomic mass is 16.5. The number of rotatable bonds is 8. The first-order valence-electron chi connectivity index (χ1n) is 6.09. The van der Waals surface area contributed by atoms with Gasteiger partial charge in [-0.15, -0.1) is 0 Å². The number of benzene rings is 1. The van der Waals surface area contributed by atoms with Crippen LogP contribution in [0.2, 0.25) is 0 Å². The van der Waals surface area contributed by atoms with Crippen LogP contribution in [0, 0.1) is 0 Å². The molecule has 0 aliphatic carbocycles. The lowest BCUT2D eigenvalue weighted by Gasteiger charge is -2.13. The fourth-order valence-corrected chi connectivity index (χ4v) is 1.76. The maximum Gasteiger partial charge on any atom is 0.0462 e. The summed E-state index contributed by atoms with van der Waals surface area (Å²) in [6.07, 6.45) is 3.43. The highest BCUT2D eigenvalue weighted by Crippen LogP contribution is 2.02. The standard InChI is InChI=1S/C14H23NO/c1-13(15-10-6-7-11-16-2)12-14-8-4-3-5-9-14/h3-5,8-9,13,15H,6-7,10-12H2,1-2H3. The molecule has 0 amide bonds. The molecule has 0 spiro atoms. The molecule has 2 heteroatoms. The number of nitrogens with one attached hydrogen (secondary N) is 1. The highest BCUT2D eigenvalue weighted by Gasteiger charge is 2.01. The number of ether oxygens (including phenoxy) is 1. The van der Waals surface area contributed by atoms with Crippen LogP contribution >= 0.6 is 0 Å². The fourth-order valence-electron chi connectivity index (χ4n) is 1.76. The normalized spacial score (nSPS) is 12.6. The van der Waals surface area contributed by atoms with Crippen molar-refractivity contribution in [3.8, 4) is 0 Å². The molecule has 0 aromatic heterocycles. The number of hydrogen-bond acceptors (Lipinski definition) is 2. The van der Waals surface area contributed by atoms with E-state index in [9.17, 15) is 0 Å². The van der Waals surface area contributed by atoms with Crippen LogP contribution in [0.25, 0.3) is 0 Å². The molecule has 0 aliphatic heterocycles. The van der Waals surface area contributed by atoms with Gasteiger partial charge in [-0.05, 0) is 38.3 Å². The van der Waals surface area contributed by atoms with Crippen molar-refractivity contribution >= 4 is 0 Å². The Bertz CT molecular complexity index is 261. The Labute approximate surface area is 99.0 Å². The Hall–Kier alpha value is -0.860. The molecule has 1 unspecified atom stereocenters. The van der Waals surface area contributed by atoms with E-state index in [1.54, 1.807) is 7.11 Å². The summed E-state index contributed by atoms with van der Waals surface area (Å²) in [5, 5.41) is 3.53. The summed E-state index contributed by atoms with van der Waals surface area (Å²) in [5.41, 5.74) is 1.40. The van der Waals surface area contributed by atoms with Gasteiger partial charge in [0.1, 0.15) is 0 Å². The molecule has 0 aliphatic rings. The zero-order valence-electron chi connectivity index (χ0n) is 10.4. The van der Waals surface area contributed by atoms with Crippen molar-refractivity contribution in [3.05, 3.63) is 35.9 Å². The topological polar surface area (TPSA) is 21.3 Å². The minimum absolute atomic E-state index is 0.546. The van der Waals surface area contributed by atoms with Gasteiger partial charge >= 0.3 is 0 Å². The summed E-state index contributed by atoms with van der Waals surface area (Å²) < 4.78 is 5.02. The van der Waals surface area contributed by atoms with Gasteiger partial charge in [0.05, 0.1) is 0 Å². The van der Waals surface area contributed by atoms with Crippen molar-refractivity contribution in [1.29, 1.82) is 0 Å². The van der Waals surface area contributed by atoms with Gasteiger partial charge < -0.3 is 10.1 Å². The van der Waals surface area contributed by atoms with Crippen molar-refractivity contribution in [1.82, 2.24) is 5.32 Å². The molecule has 90 valence electrons. The zero-order chi connectivity index (χ0) is 11.6. The average molecular weight is 221 g/mol. The lowest BCUT2D eigenvalue weighted by atomic mass is 10.1. The molecular weight excluding hydrogens is 198 g/mol. The van der Waals surface area contributed by atoms with Crippen molar-refractivity contribution < 1.29 is 4.74 Å². The Morgan fingerprint density at radius 3 is 2.62 bits per heavy atom. The minimum Gasteiger partial charge on any atom is -0.385 e. The zero-order valence-corrected chi connectivity index (χ0v) is 10.4. The van der Waals surface area contributed by atoms with E-state index in [0.29, 0.717) is 6.04 Å². The van der Waals surface area contributed by atoms with E-state index in [2.05, 4.69) is 42.6 Å². The molecule has 0 heterocycles. The number of unbranched alkanes of at least 4 members (excludes halogenated alkanes) is 1. The van der Waals surface area contributed by atoms with Crippen molar-refractivity contribution in [3.63, 3.8) is 0 Å². The van der Waals surface area contributed by atoms with Crippen LogP contribution in [0.1, 0.15) is 25.3 Å². The number of methoxy groups -OCH3 is 1. The van der Waals surface area contributed by atoms with E-state index in [4.69, 9.17) is 4.74 Å². The van der Waals surface area contributed by atoms with Crippen LogP contribution in [-0.4, -0.2) is 26.3 Å².